The SMILES string of the molecule is CC(c1cnccn1)N(C)CC1CCCN1.Cl. The molecule has 17 heavy (non-hydrogen) atoms. The fourth-order valence-corrected chi connectivity index (χ4v) is 2.17. The molecule has 0 bridgehead atoms. The topological polar surface area (TPSA) is 41.1 Å². The van der Waals surface area contributed by atoms with E-state index in [0.29, 0.717) is 12.1 Å². The minimum atomic E-state index is 0. The average molecular weight is 257 g/mol. The minimum Gasteiger partial charge on any atom is -0.313 e. The van der Waals surface area contributed by atoms with Crippen molar-refractivity contribution in [3.63, 3.8) is 0 Å². The predicted molar refractivity (Wildman–Crippen MR) is 71.3 cm³/mol. The van der Waals surface area contributed by atoms with Gasteiger partial charge in [-0.15, -0.1) is 12.4 Å². The molecule has 0 aliphatic carbocycles. The van der Waals surface area contributed by atoms with Crippen molar-refractivity contribution in [1.82, 2.24) is 20.2 Å². The van der Waals surface area contributed by atoms with Crippen LogP contribution in [0.25, 0.3) is 0 Å². The van der Waals surface area contributed by atoms with Crippen LogP contribution >= 0.6 is 12.4 Å². The highest BCUT2D eigenvalue weighted by Gasteiger charge is 2.20. The summed E-state index contributed by atoms with van der Waals surface area (Å²) in [5.74, 6) is 0. The molecule has 2 rings (SSSR count). The zero-order valence-corrected chi connectivity index (χ0v) is 11.3. The van der Waals surface area contributed by atoms with Gasteiger partial charge in [-0.25, -0.2) is 0 Å². The molecule has 96 valence electrons. The van der Waals surface area contributed by atoms with Crippen LogP contribution in [0.1, 0.15) is 31.5 Å². The third-order valence-corrected chi connectivity index (χ3v) is 3.34. The first-order valence-corrected chi connectivity index (χ1v) is 5.97. The normalized spacial score (nSPS) is 21.2. The van der Waals surface area contributed by atoms with Crippen molar-refractivity contribution in [3.05, 3.63) is 24.3 Å². The number of likely N-dealkylation sites (N-methyl/N-ethyl adjacent to an activating group) is 1. The Bertz CT molecular complexity index is 314. The van der Waals surface area contributed by atoms with Gasteiger partial charge in [0.2, 0.25) is 0 Å². The highest BCUT2D eigenvalue weighted by atomic mass is 35.5. The summed E-state index contributed by atoms with van der Waals surface area (Å²) in [6.07, 6.45) is 7.92. The summed E-state index contributed by atoms with van der Waals surface area (Å²) in [5, 5.41) is 3.52. The number of aromatic nitrogens is 2. The summed E-state index contributed by atoms with van der Waals surface area (Å²) in [4.78, 5) is 10.8. The number of rotatable bonds is 4. The number of nitrogens with one attached hydrogen (secondary N) is 1. The molecule has 2 atom stereocenters. The second-order valence-corrected chi connectivity index (χ2v) is 4.54. The van der Waals surface area contributed by atoms with Gasteiger partial charge in [-0.3, -0.25) is 14.9 Å². The van der Waals surface area contributed by atoms with E-state index in [-0.39, 0.29) is 12.4 Å². The number of nitrogens with zero attached hydrogens (tertiary/aromatic N) is 3. The van der Waals surface area contributed by atoms with Crippen molar-refractivity contribution in [2.45, 2.75) is 31.8 Å². The van der Waals surface area contributed by atoms with Crippen molar-refractivity contribution in [3.8, 4) is 0 Å². The maximum Gasteiger partial charge on any atom is 0.0755 e. The van der Waals surface area contributed by atoms with E-state index >= 15 is 0 Å². The van der Waals surface area contributed by atoms with E-state index in [1.54, 1.807) is 12.4 Å². The van der Waals surface area contributed by atoms with E-state index in [9.17, 15) is 0 Å². The zero-order valence-electron chi connectivity index (χ0n) is 10.5. The van der Waals surface area contributed by atoms with E-state index < -0.39 is 0 Å². The van der Waals surface area contributed by atoms with Gasteiger partial charge >= 0.3 is 0 Å². The maximum absolute atomic E-state index is 4.35. The Morgan fingerprint density at radius 3 is 2.94 bits per heavy atom. The first-order chi connectivity index (χ1) is 7.77. The second-order valence-electron chi connectivity index (χ2n) is 4.54. The highest BCUT2D eigenvalue weighted by Crippen LogP contribution is 2.17. The number of hydrogen-bond donors (Lipinski definition) is 1. The van der Waals surface area contributed by atoms with Gasteiger partial charge in [-0.1, -0.05) is 0 Å². The molecular formula is C12H21ClN4. The Kier molecular flexibility index (Phi) is 5.82. The molecule has 1 fully saturated rings. The molecule has 0 saturated carbocycles. The van der Waals surface area contributed by atoms with Crippen LogP contribution in [0.2, 0.25) is 0 Å². The van der Waals surface area contributed by atoms with Crippen molar-refractivity contribution in [2.24, 2.45) is 0 Å². The molecule has 1 N–H and O–H groups in total. The number of halogens is 1. The summed E-state index contributed by atoms with van der Waals surface area (Å²) in [5.41, 5.74) is 1.04. The van der Waals surface area contributed by atoms with E-state index in [2.05, 4.69) is 34.2 Å². The van der Waals surface area contributed by atoms with E-state index in [4.69, 9.17) is 0 Å². The lowest BCUT2D eigenvalue weighted by atomic mass is 10.1. The van der Waals surface area contributed by atoms with Crippen molar-refractivity contribution in [2.75, 3.05) is 20.1 Å². The molecule has 5 heteroatoms. The predicted octanol–water partition coefficient (Wildman–Crippen LogP) is 1.64. The van der Waals surface area contributed by atoms with E-state index in [1.165, 1.54) is 12.8 Å². The van der Waals surface area contributed by atoms with Crippen molar-refractivity contribution in [1.29, 1.82) is 0 Å². The lowest BCUT2D eigenvalue weighted by Crippen LogP contribution is -2.36. The summed E-state index contributed by atoms with van der Waals surface area (Å²) in [6.45, 7) is 4.43. The lowest BCUT2D eigenvalue weighted by Gasteiger charge is -2.26. The minimum absolute atomic E-state index is 0. The summed E-state index contributed by atoms with van der Waals surface area (Å²) < 4.78 is 0. The molecule has 0 radical (unpaired) electrons. The quantitative estimate of drug-likeness (QED) is 0.889. The second kappa shape index (κ2) is 6.89. The summed E-state index contributed by atoms with van der Waals surface area (Å²) in [6, 6.07) is 0.972. The molecule has 4 nitrogen and oxygen atoms in total. The first kappa shape index (κ1) is 14.4. The average Bonchev–Trinajstić information content (AvgIpc) is 2.82. The van der Waals surface area contributed by atoms with Gasteiger partial charge < -0.3 is 5.32 Å². The van der Waals surface area contributed by atoms with Crippen LogP contribution < -0.4 is 5.32 Å². The van der Waals surface area contributed by atoms with Gasteiger partial charge in [0.1, 0.15) is 0 Å². The van der Waals surface area contributed by atoms with Gasteiger partial charge in [0.25, 0.3) is 0 Å². The van der Waals surface area contributed by atoms with Gasteiger partial charge in [0.05, 0.1) is 11.7 Å². The standard InChI is InChI=1S/C12H20N4.ClH/c1-10(12-8-13-6-7-15-12)16(2)9-11-4-3-5-14-11;/h6-8,10-11,14H,3-5,9H2,1-2H3;1H. The Hall–Kier alpha value is -0.710. The monoisotopic (exact) mass is 256 g/mol. The van der Waals surface area contributed by atoms with Gasteiger partial charge in [-0.05, 0) is 33.4 Å². The fourth-order valence-electron chi connectivity index (χ4n) is 2.17. The smallest absolute Gasteiger partial charge is 0.0755 e. The van der Waals surface area contributed by atoms with Crippen LogP contribution in [0, 0.1) is 0 Å². The molecule has 0 aromatic carbocycles. The molecule has 1 saturated heterocycles. The molecule has 1 aromatic heterocycles. The third kappa shape index (κ3) is 3.91. The molecule has 2 unspecified atom stereocenters. The molecular weight excluding hydrogens is 236 g/mol. The Morgan fingerprint density at radius 1 is 1.53 bits per heavy atom. The van der Waals surface area contributed by atoms with Gasteiger partial charge in [0, 0.05) is 31.2 Å². The first-order valence-electron chi connectivity index (χ1n) is 5.97. The van der Waals surface area contributed by atoms with Crippen LogP contribution in [0.4, 0.5) is 0 Å². The van der Waals surface area contributed by atoms with E-state index in [1.807, 2.05) is 6.20 Å². The van der Waals surface area contributed by atoms with E-state index in [0.717, 1.165) is 18.8 Å². The summed E-state index contributed by atoms with van der Waals surface area (Å²) in [7, 11) is 2.15. The third-order valence-electron chi connectivity index (χ3n) is 3.34. The molecule has 1 aliphatic rings. The van der Waals surface area contributed by atoms with Crippen molar-refractivity contribution >= 4 is 12.4 Å². The van der Waals surface area contributed by atoms with Crippen molar-refractivity contribution < 1.29 is 0 Å². The molecule has 2 heterocycles. The number of hydrogen-bond acceptors (Lipinski definition) is 4. The maximum atomic E-state index is 4.35. The van der Waals surface area contributed by atoms with Crippen LogP contribution in [-0.4, -0.2) is 41.0 Å². The molecule has 0 amide bonds. The van der Waals surface area contributed by atoms with Gasteiger partial charge in [0.15, 0.2) is 0 Å². The largest absolute Gasteiger partial charge is 0.313 e. The lowest BCUT2D eigenvalue weighted by molar-refractivity contribution is 0.234. The molecule has 1 aliphatic heterocycles. The highest BCUT2D eigenvalue weighted by molar-refractivity contribution is 5.85. The zero-order chi connectivity index (χ0) is 11.4. The van der Waals surface area contributed by atoms with Crippen LogP contribution in [0.3, 0.4) is 0 Å². The van der Waals surface area contributed by atoms with Gasteiger partial charge in [-0.2, -0.15) is 0 Å². The van der Waals surface area contributed by atoms with Crippen LogP contribution in [0.15, 0.2) is 18.6 Å². The molecule has 1 aromatic rings. The Labute approximate surface area is 109 Å². The fraction of sp³-hybridized carbons (Fsp3) is 0.667. The molecule has 0 spiro atoms. The van der Waals surface area contributed by atoms with Crippen LogP contribution in [-0.2, 0) is 0 Å². The Morgan fingerprint density at radius 2 is 2.35 bits per heavy atom. The van der Waals surface area contributed by atoms with Crippen LogP contribution in [0.5, 0.6) is 0 Å². The summed E-state index contributed by atoms with van der Waals surface area (Å²) >= 11 is 0. The Balaban J connectivity index is 0.00000144.